The molecular weight excluding hydrogens is 298 g/mol. The van der Waals surface area contributed by atoms with Gasteiger partial charge in [-0.3, -0.25) is 0 Å². The average molecular weight is 323 g/mol. The van der Waals surface area contributed by atoms with Crippen LogP contribution in [0.2, 0.25) is 0 Å². The monoisotopic (exact) mass is 323 g/mol. The number of hydrogen-bond donors (Lipinski definition) is 1. The summed E-state index contributed by atoms with van der Waals surface area (Å²) < 4.78 is 21.2. The summed E-state index contributed by atoms with van der Waals surface area (Å²) in [6, 6.07) is 3.73. The Labute approximate surface area is 137 Å². The fourth-order valence-corrected chi connectivity index (χ4v) is 2.17. The third-order valence-electron chi connectivity index (χ3n) is 3.33. The van der Waals surface area contributed by atoms with Gasteiger partial charge in [0.2, 0.25) is 0 Å². The van der Waals surface area contributed by atoms with E-state index in [9.17, 15) is 4.79 Å². The number of methoxy groups -OCH3 is 2. The van der Waals surface area contributed by atoms with E-state index in [-0.39, 0.29) is 6.10 Å². The molecule has 0 aliphatic rings. The van der Waals surface area contributed by atoms with Crippen LogP contribution in [0.3, 0.4) is 0 Å². The van der Waals surface area contributed by atoms with Crippen molar-refractivity contribution < 1.29 is 23.7 Å². The van der Waals surface area contributed by atoms with Crippen LogP contribution in [-0.4, -0.2) is 33.0 Å². The molecule has 0 radical (unpaired) electrons. The van der Waals surface area contributed by atoms with Crippen molar-refractivity contribution >= 4 is 12.2 Å². The first-order valence-electron chi connectivity index (χ1n) is 7.54. The maximum atomic E-state index is 11.0. The van der Waals surface area contributed by atoms with Crippen LogP contribution in [-0.2, 0) is 15.9 Å². The minimum absolute atomic E-state index is 0.309. The standard InChI is InChI=1S/C17H25NO5/c1-5-14(23-17(18)19)9-13-11-15(20-3)12(7-8-22-6-2)10-16(13)21-4/h7-8,10-11,14H,5-6,9H2,1-4H3,(H2,18,19). The van der Waals surface area contributed by atoms with E-state index in [2.05, 4.69) is 0 Å². The quantitative estimate of drug-likeness (QED) is 0.706. The van der Waals surface area contributed by atoms with Gasteiger partial charge in [0.1, 0.15) is 17.6 Å². The van der Waals surface area contributed by atoms with E-state index in [0.29, 0.717) is 30.9 Å². The van der Waals surface area contributed by atoms with Gasteiger partial charge < -0.3 is 24.7 Å². The molecule has 0 bridgehead atoms. The zero-order chi connectivity index (χ0) is 17.2. The van der Waals surface area contributed by atoms with Crippen molar-refractivity contribution in [2.45, 2.75) is 32.8 Å². The molecule has 128 valence electrons. The molecule has 0 aliphatic heterocycles. The van der Waals surface area contributed by atoms with Gasteiger partial charge in [0.25, 0.3) is 0 Å². The Hall–Kier alpha value is -2.37. The van der Waals surface area contributed by atoms with E-state index >= 15 is 0 Å². The highest BCUT2D eigenvalue weighted by Crippen LogP contribution is 2.31. The summed E-state index contributed by atoms with van der Waals surface area (Å²) in [6.45, 7) is 4.43. The van der Waals surface area contributed by atoms with Crippen LogP contribution in [0, 0.1) is 0 Å². The van der Waals surface area contributed by atoms with Crippen molar-refractivity contribution in [2.24, 2.45) is 5.73 Å². The predicted octanol–water partition coefficient (Wildman–Crippen LogP) is 3.13. The summed E-state index contributed by atoms with van der Waals surface area (Å²) in [6.07, 6.45) is 3.48. The molecule has 0 aromatic heterocycles. The highest BCUT2D eigenvalue weighted by atomic mass is 16.6. The van der Waals surface area contributed by atoms with Gasteiger partial charge in [-0.15, -0.1) is 0 Å². The lowest BCUT2D eigenvalue weighted by Gasteiger charge is -2.18. The first kappa shape index (κ1) is 18.7. The number of nitrogens with two attached hydrogens (primary N) is 1. The van der Waals surface area contributed by atoms with Crippen molar-refractivity contribution in [2.75, 3.05) is 20.8 Å². The van der Waals surface area contributed by atoms with Crippen LogP contribution in [0.1, 0.15) is 31.4 Å². The van der Waals surface area contributed by atoms with E-state index in [1.807, 2.05) is 32.1 Å². The van der Waals surface area contributed by atoms with Crippen LogP contribution >= 0.6 is 0 Å². The van der Waals surface area contributed by atoms with Gasteiger partial charge in [-0.05, 0) is 31.6 Å². The highest BCUT2D eigenvalue weighted by molar-refractivity contribution is 5.65. The smallest absolute Gasteiger partial charge is 0.404 e. The van der Waals surface area contributed by atoms with E-state index in [1.54, 1.807) is 20.5 Å². The highest BCUT2D eigenvalue weighted by Gasteiger charge is 2.16. The number of amides is 1. The second kappa shape index (κ2) is 9.61. The number of hydrogen-bond acceptors (Lipinski definition) is 5. The fourth-order valence-electron chi connectivity index (χ4n) is 2.17. The molecule has 0 fully saturated rings. The molecule has 1 unspecified atom stereocenters. The molecule has 1 aromatic rings. The number of carbonyl (C=O) groups excluding carboxylic acids is 1. The first-order valence-corrected chi connectivity index (χ1v) is 7.54. The SMILES string of the molecule is CCOC=Cc1cc(OC)c(CC(CC)OC(N)=O)cc1OC. The van der Waals surface area contributed by atoms with Gasteiger partial charge >= 0.3 is 6.09 Å². The lowest BCUT2D eigenvalue weighted by Crippen LogP contribution is -2.24. The number of rotatable bonds is 9. The van der Waals surface area contributed by atoms with Crippen molar-refractivity contribution in [3.8, 4) is 11.5 Å². The minimum Gasteiger partial charge on any atom is -0.501 e. The van der Waals surface area contributed by atoms with Crippen LogP contribution in [0.15, 0.2) is 18.4 Å². The summed E-state index contributed by atoms with van der Waals surface area (Å²) in [4.78, 5) is 11.0. The van der Waals surface area contributed by atoms with Crippen LogP contribution in [0.5, 0.6) is 11.5 Å². The Bertz CT molecular complexity index is 542. The summed E-state index contributed by atoms with van der Waals surface area (Å²) in [5.41, 5.74) is 6.82. The minimum atomic E-state index is -0.779. The fraction of sp³-hybridized carbons (Fsp3) is 0.471. The Balaban J connectivity index is 3.09. The van der Waals surface area contributed by atoms with Gasteiger partial charge in [-0.1, -0.05) is 6.92 Å². The zero-order valence-electron chi connectivity index (χ0n) is 14.1. The van der Waals surface area contributed by atoms with Gasteiger partial charge in [0.05, 0.1) is 27.1 Å². The topological polar surface area (TPSA) is 80.0 Å². The summed E-state index contributed by atoms with van der Waals surface area (Å²) in [7, 11) is 3.19. The molecule has 0 aliphatic carbocycles. The maximum Gasteiger partial charge on any atom is 0.404 e. The van der Waals surface area contributed by atoms with E-state index < -0.39 is 6.09 Å². The normalized spacial score (nSPS) is 12.0. The summed E-state index contributed by atoms with van der Waals surface area (Å²) in [5.74, 6) is 1.37. The van der Waals surface area contributed by atoms with Crippen molar-refractivity contribution in [3.05, 3.63) is 29.5 Å². The molecule has 0 heterocycles. The lowest BCUT2D eigenvalue weighted by molar-refractivity contribution is 0.104. The summed E-state index contributed by atoms with van der Waals surface area (Å²) in [5, 5.41) is 0. The molecule has 1 rings (SSSR count). The second-order valence-corrected chi connectivity index (χ2v) is 4.84. The molecule has 0 saturated heterocycles. The second-order valence-electron chi connectivity index (χ2n) is 4.84. The number of carbonyl (C=O) groups is 1. The van der Waals surface area contributed by atoms with Crippen molar-refractivity contribution in [3.63, 3.8) is 0 Å². The number of benzene rings is 1. The Kier molecular flexibility index (Phi) is 7.80. The Morgan fingerprint density at radius 2 is 1.91 bits per heavy atom. The lowest BCUT2D eigenvalue weighted by atomic mass is 10.0. The van der Waals surface area contributed by atoms with Gasteiger partial charge in [-0.2, -0.15) is 0 Å². The molecule has 23 heavy (non-hydrogen) atoms. The molecule has 1 atom stereocenters. The molecule has 6 nitrogen and oxygen atoms in total. The molecule has 2 N–H and O–H groups in total. The van der Waals surface area contributed by atoms with Crippen LogP contribution in [0.4, 0.5) is 4.79 Å². The average Bonchev–Trinajstić information content (AvgIpc) is 2.54. The van der Waals surface area contributed by atoms with Gasteiger partial charge in [0, 0.05) is 17.5 Å². The van der Waals surface area contributed by atoms with Gasteiger partial charge in [-0.25, -0.2) is 4.79 Å². The molecule has 1 amide bonds. The summed E-state index contributed by atoms with van der Waals surface area (Å²) >= 11 is 0. The van der Waals surface area contributed by atoms with Crippen LogP contribution in [0.25, 0.3) is 6.08 Å². The van der Waals surface area contributed by atoms with Crippen molar-refractivity contribution in [1.82, 2.24) is 0 Å². The molecule has 6 heteroatoms. The van der Waals surface area contributed by atoms with E-state index in [4.69, 9.17) is 24.7 Å². The molecule has 0 saturated carbocycles. The largest absolute Gasteiger partial charge is 0.501 e. The van der Waals surface area contributed by atoms with E-state index in [1.165, 1.54) is 0 Å². The predicted molar refractivity (Wildman–Crippen MR) is 88.7 cm³/mol. The van der Waals surface area contributed by atoms with Crippen LogP contribution < -0.4 is 15.2 Å². The number of ether oxygens (including phenoxy) is 4. The maximum absolute atomic E-state index is 11.0. The first-order chi connectivity index (χ1) is 11.0. The molecule has 1 aromatic carbocycles. The van der Waals surface area contributed by atoms with E-state index in [0.717, 1.165) is 11.1 Å². The number of primary amides is 1. The Morgan fingerprint density at radius 1 is 1.22 bits per heavy atom. The van der Waals surface area contributed by atoms with Crippen molar-refractivity contribution in [1.29, 1.82) is 0 Å². The third-order valence-corrected chi connectivity index (χ3v) is 3.33. The molecule has 0 spiro atoms. The molecular formula is C17H25NO5. The van der Waals surface area contributed by atoms with Gasteiger partial charge in [0.15, 0.2) is 0 Å². The third kappa shape index (κ3) is 5.73. The Morgan fingerprint density at radius 3 is 2.43 bits per heavy atom. The zero-order valence-corrected chi connectivity index (χ0v) is 14.1.